The molecule has 2 saturated heterocycles. The van der Waals surface area contributed by atoms with Crippen LogP contribution in [0.5, 0.6) is 0 Å². The van der Waals surface area contributed by atoms with Crippen molar-refractivity contribution < 1.29 is 4.79 Å². The minimum Gasteiger partial charge on any atom is -0.325 e. The number of aryl methyl sites for hydroxylation is 1. The Hall–Kier alpha value is -2.11. The van der Waals surface area contributed by atoms with E-state index in [1.54, 1.807) is 0 Å². The smallest absolute Gasteiger partial charge is 0.320 e. The molecule has 2 atom stereocenters. The SMILES string of the molecule is Cn1nnc2cc3c(cc21)C[C@H]1C[C@@]3(C)CCN1C(=O)N1CCCCC1. The zero-order valence-corrected chi connectivity index (χ0v) is 15.7. The fraction of sp³-hybridized carbons (Fsp3) is 0.650. The van der Waals surface area contributed by atoms with Gasteiger partial charge < -0.3 is 9.80 Å². The summed E-state index contributed by atoms with van der Waals surface area (Å²) < 4.78 is 1.85. The van der Waals surface area contributed by atoms with E-state index in [-0.39, 0.29) is 11.4 Å². The van der Waals surface area contributed by atoms with Gasteiger partial charge in [0.2, 0.25) is 0 Å². The van der Waals surface area contributed by atoms with Gasteiger partial charge in [-0.25, -0.2) is 9.48 Å². The zero-order chi connectivity index (χ0) is 17.9. The lowest BCUT2D eigenvalue weighted by molar-refractivity contribution is 0.0792. The fourth-order valence-corrected chi connectivity index (χ4v) is 5.34. The van der Waals surface area contributed by atoms with Gasteiger partial charge in [-0.2, -0.15) is 0 Å². The molecule has 3 heterocycles. The highest BCUT2D eigenvalue weighted by Gasteiger charge is 2.45. The summed E-state index contributed by atoms with van der Waals surface area (Å²) in [5.41, 5.74) is 5.01. The Kier molecular flexibility index (Phi) is 3.52. The van der Waals surface area contributed by atoms with Crippen molar-refractivity contribution in [2.75, 3.05) is 19.6 Å². The van der Waals surface area contributed by atoms with Crippen molar-refractivity contribution in [1.82, 2.24) is 24.8 Å². The second-order valence-corrected chi connectivity index (χ2v) is 8.61. The standard InChI is InChI=1S/C20H27N5O/c1-20-6-9-25(19(26)24-7-4-3-5-8-24)15(13-20)10-14-11-18-17(12-16(14)20)21-22-23(18)2/h11-12,15H,3-10,13H2,1-2H3/t15-,20+/m0/s1. The number of rotatable bonds is 0. The summed E-state index contributed by atoms with van der Waals surface area (Å²) in [5.74, 6) is 0. The third-order valence-corrected chi connectivity index (χ3v) is 6.85. The summed E-state index contributed by atoms with van der Waals surface area (Å²) in [6, 6.07) is 5.08. The second-order valence-electron chi connectivity index (χ2n) is 8.61. The number of likely N-dealkylation sites (tertiary alicyclic amines) is 2. The molecule has 2 aliphatic heterocycles. The average molecular weight is 353 g/mol. The molecule has 2 aromatic rings. The van der Waals surface area contributed by atoms with Crippen LogP contribution in [-0.2, 0) is 18.9 Å². The Labute approximate surface area is 154 Å². The van der Waals surface area contributed by atoms with E-state index in [0.717, 1.165) is 62.8 Å². The molecule has 0 saturated carbocycles. The first-order chi connectivity index (χ1) is 12.5. The summed E-state index contributed by atoms with van der Waals surface area (Å²) in [7, 11) is 1.94. The first-order valence-electron chi connectivity index (χ1n) is 9.93. The van der Waals surface area contributed by atoms with E-state index in [1.807, 2.05) is 11.7 Å². The van der Waals surface area contributed by atoms with E-state index < -0.39 is 0 Å². The highest BCUT2D eigenvalue weighted by molar-refractivity contribution is 5.78. The van der Waals surface area contributed by atoms with Gasteiger partial charge in [0.15, 0.2) is 0 Å². The molecule has 1 aromatic heterocycles. The highest BCUT2D eigenvalue weighted by Crippen LogP contribution is 2.45. The summed E-state index contributed by atoms with van der Waals surface area (Å²) in [6.45, 7) is 5.09. The van der Waals surface area contributed by atoms with Crippen LogP contribution >= 0.6 is 0 Å². The molecule has 0 spiro atoms. The molecule has 6 heteroatoms. The maximum absolute atomic E-state index is 13.1. The highest BCUT2D eigenvalue weighted by atomic mass is 16.2. The second kappa shape index (κ2) is 5.69. The van der Waals surface area contributed by atoms with Crippen LogP contribution in [-0.4, -0.2) is 56.5 Å². The van der Waals surface area contributed by atoms with Crippen LogP contribution < -0.4 is 0 Å². The predicted octanol–water partition coefficient (Wildman–Crippen LogP) is 2.85. The third-order valence-electron chi connectivity index (χ3n) is 6.85. The Balaban J connectivity index is 1.49. The molecule has 0 N–H and O–H groups in total. The molecule has 3 aliphatic rings. The Morgan fingerprint density at radius 3 is 2.81 bits per heavy atom. The van der Waals surface area contributed by atoms with Gasteiger partial charge in [-0.05, 0) is 67.2 Å². The summed E-state index contributed by atoms with van der Waals surface area (Å²) in [4.78, 5) is 17.4. The Morgan fingerprint density at radius 2 is 2.00 bits per heavy atom. The van der Waals surface area contributed by atoms with Crippen molar-refractivity contribution >= 4 is 17.1 Å². The van der Waals surface area contributed by atoms with E-state index in [1.165, 1.54) is 17.5 Å². The van der Waals surface area contributed by atoms with Crippen LogP contribution in [0.2, 0.25) is 0 Å². The van der Waals surface area contributed by atoms with Crippen molar-refractivity contribution in [3.63, 3.8) is 0 Å². The van der Waals surface area contributed by atoms with Crippen molar-refractivity contribution in [2.24, 2.45) is 7.05 Å². The van der Waals surface area contributed by atoms with E-state index in [4.69, 9.17) is 0 Å². The van der Waals surface area contributed by atoms with E-state index in [0.29, 0.717) is 6.04 Å². The molecule has 138 valence electrons. The molecule has 1 aliphatic carbocycles. The van der Waals surface area contributed by atoms with Crippen molar-refractivity contribution in [2.45, 2.75) is 56.9 Å². The summed E-state index contributed by atoms with van der Waals surface area (Å²) in [6.07, 6.45) is 6.60. The van der Waals surface area contributed by atoms with E-state index in [9.17, 15) is 4.79 Å². The molecule has 2 amide bonds. The molecular formula is C20H27N5O. The van der Waals surface area contributed by atoms with Gasteiger partial charge in [-0.15, -0.1) is 5.10 Å². The Bertz CT molecular complexity index is 868. The molecule has 2 fully saturated rings. The molecule has 0 radical (unpaired) electrons. The number of piperidine rings is 2. The molecular weight excluding hydrogens is 326 g/mol. The van der Waals surface area contributed by atoms with E-state index in [2.05, 4.69) is 39.2 Å². The molecule has 26 heavy (non-hydrogen) atoms. The van der Waals surface area contributed by atoms with Crippen LogP contribution in [0.15, 0.2) is 12.1 Å². The van der Waals surface area contributed by atoms with Crippen LogP contribution in [0.4, 0.5) is 4.79 Å². The minimum absolute atomic E-state index is 0.142. The van der Waals surface area contributed by atoms with Crippen LogP contribution in [0.3, 0.4) is 0 Å². The first kappa shape index (κ1) is 16.1. The maximum atomic E-state index is 13.1. The number of fused-ring (bicyclic) bond motifs is 5. The van der Waals surface area contributed by atoms with Gasteiger partial charge in [0.05, 0.1) is 5.52 Å². The van der Waals surface area contributed by atoms with Crippen molar-refractivity contribution in [1.29, 1.82) is 0 Å². The average Bonchev–Trinajstić information content (AvgIpc) is 3.01. The van der Waals surface area contributed by atoms with E-state index >= 15 is 0 Å². The number of benzene rings is 1. The summed E-state index contributed by atoms with van der Waals surface area (Å²) in [5, 5.41) is 8.48. The van der Waals surface area contributed by atoms with Crippen LogP contribution in [0, 0.1) is 0 Å². The quantitative estimate of drug-likeness (QED) is 0.732. The third kappa shape index (κ3) is 2.34. The topological polar surface area (TPSA) is 54.3 Å². The molecule has 5 rings (SSSR count). The fourth-order valence-electron chi connectivity index (χ4n) is 5.34. The molecule has 6 nitrogen and oxygen atoms in total. The first-order valence-corrected chi connectivity index (χ1v) is 9.93. The number of hydrogen-bond acceptors (Lipinski definition) is 3. The van der Waals surface area contributed by atoms with Crippen molar-refractivity contribution in [3.8, 4) is 0 Å². The monoisotopic (exact) mass is 353 g/mol. The molecule has 2 bridgehead atoms. The Morgan fingerprint density at radius 1 is 1.19 bits per heavy atom. The molecule has 0 unspecified atom stereocenters. The lowest BCUT2D eigenvalue weighted by atomic mass is 9.65. The largest absolute Gasteiger partial charge is 0.325 e. The minimum atomic E-state index is 0.142. The van der Waals surface area contributed by atoms with Crippen LogP contribution in [0.1, 0.15) is 50.2 Å². The number of carbonyl (C=O) groups excluding carboxylic acids is 1. The number of amides is 2. The number of hydrogen-bond donors (Lipinski definition) is 0. The summed E-state index contributed by atoms with van der Waals surface area (Å²) >= 11 is 0. The van der Waals surface area contributed by atoms with Gasteiger partial charge in [0.1, 0.15) is 5.52 Å². The molecule has 1 aromatic carbocycles. The number of nitrogens with zero attached hydrogens (tertiary/aromatic N) is 5. The zero-order valence-electron chi connectivity index (χ0n) is 15.7. The lowest BCUT2D eigenvalue weighted by Gasteiger charge is -2.50. The van der Waals surface area contributed by atoms with Crippen LogP contribution in [0.25, 0.3) is 11.0 Å². The normalized spacial score (nSPS) is 28.3. The van der Waals surface area contributed by atoms with Gasteiger partial charge in [0, 0.05) is 32.7 Å². The predicted molar refractivity (Wildman–Crippen MR) is 100 cm³/mol. The van der Waals surface area contributed by atoms with Gasteiger partial charge >= 0.3 is 6.03 Å². The number of carbonyl (C=O) groups is 1. The maximum Gasteiger partial charge on any atom is 0.320 e. The number of aromatic nitrogens is 3. The van der Waals surface area contributed by atoms with Gasteiger partial charge in [0.25, 0.3) is 0 Å². The van der Waals surface area contributed by atoms with Crippen molar-refractivity contribution in [3.05, 3.63) is 23.3 Å². The lowest BCUT2D eigenvalue weighted by Crippen LogP contribution is -2.57. The van der Waals surface area contributed by atoms with Gasteiger partial charge in [-0.1, -0.05) is 12.1 Å². The number of urea groups is 1. The van der Waals surface area contributed by atoms with Gasteiger partial charge in [-0.3, -0.25) is 0 Å².